The van der Waals surface area contributed by atoms with Crippen LogP contribution in [0, 0.1) is 0 Å². The first kappa shape index (κ1) is 12.3. The number of hydrogen-bond acceptors (Lipinski definition) is 6. The van der Waals surface area contributed by atoms with Gasteiger partial charge in [0.2, 0.25) is 0 Å². The molecule has 1 aromatic rings. The van der Waals surface area contributed by atoms with Crippen LogP contribution < -0.4 is 4.74 Å². The van der Waals surface area contributed by atoms with Gasteiger partial charge in [0.15, 0.2) is 11.5 Å². The van der Waals surface area contributed by atoms with Crippen LogP contribution in [0.15, 0.2) is 20.9 Å². The van der Waals surface area contributed by atoms with E-state index < -0.39 is 0 Å². The summed E-state index contributed by atoms with van der Waals surface area (Å²) in [5.74, 6) is -0.00438. The highest BCUT2D eigenvalue weighted by atomic mass is 79.9. The predicted octanol–water partition coefficient (Wildman–Crippen LogP) is 1.78. The number of hydrogen-bond donors (Lipinski definition) is 3. The Hall–Kier alpha value is -1.76. The molecule has 0 spiro atoms. The lowest BCUT2D eigenvalue weighted by molar-refractivity contribution is 0.321. The largest absolute Gasteiger partial charge is 0.504 e. The van der Waals surface area contributed by atoms with Crippen LogP contribution in [0.4, 0.5) is 0 Å². The number of methoxy groups -OCH3 is 1. The maximum Gasteiger partial charge on any atom is 0.167 e. The van der Waals surface area contributed by atoms with Crippen molar-refractivity contribution in [2.45, 2.75) is 0 Å². The number of nitrogens with zero attached hydrogens (tertiary/aromatic N) is 2. The number of phenolic OH excluding ortho intramolecular Hbond substituents is 1. The summed E-state index contributed by atoms with van der Waals surface area (Å²) in [6.45, 7) is 0. The van der Waals surface area contributed by atoms with Crippen LogP contribution >= 0.6 is 15.9 Å². The van der Waals surface area contributed by atoms with Crippen molar-refractivity contribution in [2.24, 2.45) is 10.3 Å². The van der Waals surface area contributed by atoms with Gasteiger partial charge >= 0.3 is 0 Å². The van der Waals surface area contributed by atoms with Crippen molar-refractivity contribution in [1.29, 1.82) is 0 Å². The van der Waals surface area contributed by atoms with E-state index in [2.05, 4.69) is 26.2 Å². The normalized spacial score (nSPS) is 11.4. The second-order valence-corrected chi connectivity index (χ2v) is 3.53. The number of aromatic hydroxyl groups is 1. The average Bonchev–Trinajstić information content (AvgIpc) is 2.28. The standard InChI is InChI=1S/C9H9BrN2O4/c1-16-7-2-5(3-11-14)8(10)6(4-12-15)9(7)13/h2-4,13-15H,1H3. The van der Waals surface area contributed by atoms with Gasteiger partial charge in [-0.2, -0.15) is 0 Å². The zero-order valence-electron chi connectivity index (χ0n) is 8.25. The van der Waals surface area contributed by atoms with Crippen molar-refractivity contribution in [3.05, 3.63) is 21.7 Å². The lowest BCUT2D eigenvalue weighted by atomic mass is 10.1. The van der Waals surface area contributed by atoms with E-state index >= 15 is 0 Å². The molecule has 3 N–H and O–H groups in total. The molecule has 0 fully saturated rings. The fraction of sp³-hybridized carbons (Fsp3) is 0.111. The van der Waals surface area contributed by atoms with Crippen molar-refractivity contribution in [3.63, 3.8) is 0 Å². The van der Waals surface area contributed by atoms with Crippen molar-refractivity contribution in [1.82, 2.24) is 0 Å². The number of halogens is 1. The van der Waals surface area contributed by atoms with Gasteiger partial charge in [-0.15, -0.1) is 0 Å². The van der Waals surface area contributed by atoms with E-state index in [0.29, 0.717) is 10.0 Å². The Morgan fingerprint density at radius 3 is 2.44 bits per heavy atom. The molecule has 0 atom stereocenters. The first-order valence-electron chi connectivity index (χ1n) is 4.10. The average molecular weight is 289 g/mol. The third kappa shape index (κ3) is 2.25. The maximum absolute atomic E-state index is 9.73. The van der Waals surface area contributed by atoms with Gasteiger partial charge in [0.25, 0.3) is 0 Å². The van der Waals surface area contributed by atoms with Gasteiger partial charge in [-0.1, -0.05) is 10.3 Å². The zero-order chi connectivity index (χ0) is 12.1. The Morgan fingerprint density at radius 1 is 1.31 bits per heavy atom. The first-order chi connectivity index (χ1) is 7.65. The first-order valence-corrected chi connectivity index (χ1v) is 4.89. The van der Waals surface area contributed by atoms with Crippen LogP contribution in [-0.4, -0.2) is 35.1 Å². The van der Waals surface area contributed by atoms with Gasteiger partial charge in [-0.25, -0.2) is 0 Å². The van der Waals surface area contributed by atoms with Crippen LogP contribution in [0.2, 0.25) is 0 Å². The molecule has 0 aliphatic carbocycles. The van der Waals surface area contributed by atoms with Gasteiger partial charge in [0.05, 0.1) is 25.1 Å². The second-order valence-electron chi connectivity index (χ2n) is 2.73. The number of oxime groups is 2. The molecule has 1 aromatic carbocycles. The molecule has 6 nitrogen and oxygen atoms in total. The quantitative estimate of drug-likeness (QED) is 0.449. The fourth-order valence-corrected chi connectivity index (χ4v) is 1.66. The van der Waals surface area contributed by atoms with Gasteiger partial charge < -0.3 is 20.3 Å². The van der Waals surface area contributed by atoms with E-state index in [4.69, 9.17) is 15.2 Å². The Labute approximate surface area is 99.6 Å². The van der Waals surface area contributed by atoms with E-state index in [0.717, 1.165) is 12.4 Å². The molecule has 0 amide bonds. The van der Waals surface area contributed by atoms with Crippen LogP contribution in [0.1, 0.15) is 11.1 Å². The van der Waals surface area contributed by atoms with E-state index in [1.54, 1.807) is 0 Å². The molecule has 0 saturated carbocycles. The highest BCUT2D eigenvalue weighted by molar-refractivity contribution is 9.10. The van der Waals surface area contributed by atoms with E-state index in [1.165, 1.54) is 13.2 Å². The van der Waals surface area contributed by atoms with Crippen molar-refractivity contribution < 1.29 is 20.3 Å². The molecule has 0 radical (unpaired) electrons. The summed E-state index contributed by atoms with van der Waals surface area (Å²) >= 11 is 3.18. The zero-order valence-corrected chi connectivity index (χ0v) is 9.84. The number of phenols is 1. The minimum atomic E-state index is -0.178. The Morgan fingerprint density at radius 2 is 1.94 bits per heavy atom. The minimum absolute atomic E-state index is 0.174. The van der Waals surface area contributed by atoms with Crippen molar-refractivity contribution in [2.75, 3.05) is 7.11 Å². The number of rotatable bonds is 3. The van der Waals surface area contributed by atoms with Gasteiger partial charge in [0.1, 0.15) is 0 Å². The molecule has 0 aliphatic rings. The second kappa shape index (κ2) is 5.36. The monoisotopic (exact) mass is 288 g/mol. The SMILES string of the molecule is COc1cc(C=NO)c(Br)c(C=NO)c1O. The summed E-state index contributed by atoms with van der Waals surface area (Å²) in [5, 5.41) is 32.4. The van der Waals surface area contributed by atoms with Crippen LogP contribution in [0.5, 0.6) is 11.5 Å². The van der Waals surface area contributed by atoms with E-state index in [-0.39, 0.29) is 17.1 Å². The smallest absolute Gasteiger partial charge is 0.167 e. The molecule has 16 heavy (non-hydrogen) atoms. The molecule has 7 heteroatoms. The van der Waals surface area contributed by atoms with Crippen LogP contribution in [-0.2, 0) is 0 Å². The summed E-state index contributed by atoms with van der Waals surface area (Å²) in [6.07, 6.45) is 2.19. The lowest BCUT2D eigenvalue weighted by Gasteiger charge is -2.09. The molecule has 0 saturated heterocycles. The molecule has 0 aromatic heterocycles. The minimum Gasteiger partial charge on any atom is -0.504 e. The third-order valence-electron chi connectivity index (χ3n) is 1.87. The Balaban J connectivity index is 3.50. The highest BCUT2D eigenvalue weighted by Crippen LogP contribution is 2.36. The molecule has 0 heterocycles. The summed E-state index contributed by atoms with van der Waals surface area (Å²) in [6, 6.07) is 1.47. The predicted molar refractivity (Wildman–Crippen MR) is 61.1 cm³/mol. The number of ether oxygens (including phenoxy) is 1. The Bertz CT molecular complexity index is 446. The molecule has 0 bridgehead atoms. The van der Waals surface area contributed by atoms with Crippen molar-refractivity contribution >= 4 is 28.4 Å². The van der Waals surface area contributed by atoms with E-state index in [9.17, 15) is 5.11 Å². The molecular weight excluding hydrogens is 280 g/mol. The van der Waals surface area contributed by atoms with Gasteiger partial charge in [-0.3, -0.25) is 0 Å². The topological polar surface area (TPSA) is 94.6 Å². The van der Waals surface area contributed by atoms with Crippen molar-refractivity contribution in [3.8, 4) is 11.5 Å². The third-order valence-corrected chi connectivity index (χ3v) is 2.75. The molecule has 0 unspecified atom stereocenters. The molecule has 1 rings (SSSR count). The van der Waals surface area contributed by atoms with Gasteiger partial charge in [0, 0.05) is 10.0 Å². The number of benzene rings is 1. The Kier molecular flexibility index (Phi) is 4.12. The molecule has 86 valence electrons. The summed E-state index contributed by atoms with van der Waals surface area (Å²) in [5.41, 5.74) is 0.684. The summed E-state index contributed by atoms with van der Waals surface area (Å²) in [7, 11) is 1.38. The molecule has 0 aliphatic heterocycles. The van der Waals surface area contributed by atoms with Crippen LogP contribution in [0.25, 0.3) is 0 Å². The van der Waals surface area contributed by atoms with Crippen LogP contribution in [0.3, 0.4) is 0 Å². The lowest BCUT2D eigenvalue weighted by Crippen LogP contribution is -1.96. The fourth-order valence-electron chi connectivity index (χ4n) is 1.15. The van der Waals surface area contributed by atoms with Gasteiger partial charge in [-0.05, 0) is 22.0 Å². The summed E-state index contributed by atoms with van der Waals surface area (Å²) in [4.78, 5) is 0. The highest BCUT2D eigenvalue weighted by Gasteiger charge is 2.14. The van der Waals surface area contributed by atoms with E-state index in [1.807, 2.05) is 0 Å². The summed E-state index contributed by atoms with van der Waals surface area (Å²) < 4.78 is 5.33. The maximum atomic E-state index is 9.73. The molecular formula is C9H9BrN2O4.